The Morgan fingerprint density at radius 1 is 1.20 bits per heavy atom. The van der Waals surface area contributed by atoms with Gasteiger partial charge in [0.15, 0.2) is 0 Å². The molecule has 2 rings (SSSR count). The van der Waals surface area contributed by atoms with Gasteiger partial charge in [-0.05, 0) is 43.5 Å². The first-order valence-electron chi connectivity index (χ1n) is 9.00. The predicted octanol–water partition coefficient (Wildman–Crippen LogP) is 4.47. The zero-order valence-electron chi connectivity index (χ0n) is 14.7. The first-order chi connectivity index (χ1) is 12.1. The van der Waals surface area contributed by atoms with E-state index in [9.17, 15) is 9.59 Å². The minimum Gasteiger partial charge on any atom is -0.466 e. The molecule has 5 heteroatoms. The molecule has 1 aliphatic rings. The minimum absolute atomic E-state index is 0.0499. The fraction of sp³-hybridized carbons (Fsp3) is 0.500. The molecule has 136 valence electrons. The van der Waals surface area contributed by atoms with Crippen LogP contribution in [0.15, 0.2) is 30.3 Å². The van der Waals surface area contributed by atoms with Gasteiger partial charge in [0, 0.05) is 23.7 Å². The van der Waals surface area contributed by atoms with E-state index in [1.165, 1.54) is 6.42 Å². The second-order valence-corrected chi connectivity index (χ2v) is 6.70. The lowest BCUT2D eigenvalue weighted by atomic mass is 9.94. The van der Waals surface area contributed by atoms with E-state index in [0.717, 1.165) is 31.2 Å². The van der Waals surface area contributed by atoms with Gasteiger partial charge in [-0.25, -0.2) is 0 Å². The quantitative estimate of drug-likeness (QED) is 0.530. The van der Waals surface area contributed by atoms with Crippen molar-refractivity contribution in [2.75, 3.05) is 13.2 Å². The third-order valence-electron chi connectivity index (χ3n) is 4.45. The number of ether oxygens (including phenoxy) is 1. The van der Waals surface area contributed by atoms with Crippen LogP contribution >= 0.6 is 11.6 Å². The number of hydrogen-bond acceptors (Lipinski definition) is 3. The molecule has 1 fully saturated rings. The average Bonchev–Trinajstić information content (AvgIpc) is 2.62. The van der Waals surface area contributed by atoms with Gasteiger partial charge in [0.1, 0.15) is 0 Å². The highest BCUT2D eigenvalue weighted by atomic mass is 35.5. The maximum Gasteiger partial charge on any atom is 0.307 e. The molecular formula is C20H26ClNO3. The van der Waals surface area contributed by atoms with Crippen LogP contribution in [0.4, 0.5) is 0 Å². The number of halogens is 1. The largest absolute Gasteiger partial charge is 0.466 e. The Bertz CT molecular complexity index is 591. The van der Waals surface area contributed by atoms with E-state index in [-0.39, 0.29) is 24.3 Å². The molecule has 1 aromatic rings. The number of benzene rings is 1. The first-order valence-corrected chi connectivity index (χ1v) is 9.38. The Balaban J connectivity index is 2.02. The predicted molar refractivity (Wildman–Crippen MR) is 100 cm³/mol. The van der Waals surface area contributed by atoms with Crippen LogP contribution in [0.2, 0.25) is 5.02 Å². The second kappa shape index (κ2) is 10.2. The van der Waals surface area contributed by atoms with E-state index in [0.29, 0.717) is 18.2 Å². The summed E-state index contributed by atoms with van der Waals surface area (Å²) in [6.45, 7) is 2.57. The van der Waals surface area contributed by atoms with E-state index in [2.05, 4.69) is 0 Å². The molecule has 4 nitrogen and oxygen atoms in total. The van der Waals surface area contributed by atoms with E-state index in [4.69, 9.17) is 16.3 Å². The maximum absolute atomic E-state index is 12.7. The summed E-state index contributed by atoms with van der Waals surface area (Å²) in [7, 11) is 0. The standard InChI is InChI=1S/C20H26ClNO3/c1-2-25-20(24)14-15-22(18-6-4-3-5-7-18)19(23)13-10-16-8-11-17(21)12-9-16/h8-13,18H,2-7,14-15H2,1H3/b13-10+. The number of amides is 1. The number of carbonyl (C=O) groups excluding carboxylic acids is 2. The van der Waals surface area contributed by atoms with Crippen molar-refractivity contribution >= 4 is 29.6 Å². The molecule has 0 aromatic heterocycles. The molecule has 0 bridgehead atoms. The summed E-state index contributed by atoms with van der Waals surface area (Å²) in [5.41, 5.74) is 0.923. The lowest BCUT2D eigenvalue weighted by molar-refractivity contribution is -0.144. The van der Waals surface area contributed by atoms with Crippen LogP contribution in [0, 0.1) is 0 Å². The molecule has 1 amide bonds. The SMILES string of the molecule is CCOC(=O)CCN(C(=O)/C=C/c1ccc(Cl)cc1)C1CCCCC1. The van der Waals surface area contributed by atoms with Crippen LogP contribution in [-0.2, 0) is 14.3 Å². The molecule has 0 atom stereocenters. The van der Waals surface area contributed by atoms with Crippen LogP contribution in [0.1, 0.15) is 51.0 Å². The first kappa shape index (κ1) is 19.5. The van der Waals surface area contributed by atoms with Crippen molar-refractivity contribution in [2.24, 2.45) is 0 Å². The summed E-state index contributed by atoms with van der Waals surface area (Å²) >= 11 is 5.88. The highest BCUT2D eigenvalue weighted by Crippen LogP contribution is 2.23. The fourth-order valence-electron chi connectivity index (χ4n) is 3.15. The molecule has 1 saturated carbocycles. The summed E-state index contributed by atoms with van der Waals surface area (Å²) in [5, 5.41) is 0.668. The molecule has 0 unspecified atom stereocenters. The van der Waals surface area contributed by atoms with Crippen molar-refractivity contribution in [3.05, 3.63) is 40.9 Å². The van der Waals surface area contributed by atoms with Crippen molar-refractivity contribution < 1.29 is 14.3 Å². The van der Waals surface area contributed by atoms with Crippen molar-refractivity contribution in [1.82, 2.24) is 4.90 Å². The van der Waals surface area contributed by atoms with E-state index < -0.39 is 0 Å². The Labute approximate surface area is 154 Å². The maximum atomic E-state index is 12.7. The van der Waals surface area contributed by atoms with Gasteiger partial charge in [0.05, 0.1) is 13.0 Å². The summed E-state index contributed by atoms with van der Waals surface area (Å²) < 4.78 is 4.99. The summed E-state index contributed by atoms with van der Waals surface area (Å²) in [5.74, 6) is -0.302. The van der Waals surface area contributed by atoms with Gasteiger partial charge in [0.2, 0.25) is 5.91 Å². The summed E-state index contributed by atoms with van der Waals surface area (Å²) in [4.78, 5) is 26.2. The molecule has 0 saturated heterocycles. The molecule has 0 N–H and O–H groups in total. The van der Waals surface area contributed by atoms with Gasteiger partial charge in [0.25, 0.3) is 0 Å². The Morgan fingerprint density at radius 2 is 1.88 bits per heavy atom. The lowest BCUT2D eigenvalue weighted by Gasteiger charge is -2.33. The van der Waals surface area contributed by atoms with Crippen molar-refractivity contribution in [3.8, 4) is 0 Å². The molecule has 1 aromatic carbocycles. The molecule has 0 heterocycles. The Morgan fingerprint density at radius 3 is 2.52 bits per heavy atom. The van der Waals surface area contributed by atoms with E-state index >= 15 is 0 Å². The van der Waals surface area contributed by atoms with Gasteiger partial charge in [-0.1, -0.05) is 43.0 Å². The topological polar surface area (TPSA) is 46.6 Å². The third-order valence-corrected chi connectivity index (χ3v) is 4.70. The van der Waals surface area contributed by atoms with Crippen molar-refractivity contribution in [2.45, 2.75) is 51.5 Å². The van der Waals surface area contributed by atoms with Crippen LogP contribution in [0.25, 0.3) is 6.08 Å². The highest BCUT2D eigenvalue weighted by molar-refractivity contribution is 6.30. The number of esters is 1. The number of nitrogens with zero attached hydrogens (tertiary/aromatic N) is 1. The lowest BCUT2D eigenvalue weighted by Crippen LogP contribution is -2.42. The Kier molecular flexibility index (Phi) is 7.99. The van der Waals surface area contributed by atoms with Crippen LogP contribution in [0.3, 0.4) is 0 Å². The molecule has 0 spiro atoms. The van der Waals surface area contributed by atoms with E-state index in [1.54, 1.807) is 31.2 Å². The van der Waals surface area contributed by atoms with Gasteiger partial charge < -0.3 is 9.64 Å². The van der Waals surface area contributed by atoms with Gasteiger partial charge in [-0.3, -0.25) is 9.59 Å². The van der Waals surface area contributed by atoms with Gasteiger partial charge in [-0.15, -0.1) is 0 Å². The summed E-state index contributed by atoms with van der Waals surface area (Å²) in [6.07, 6.45) is 9.11. The molecule has 25 heavy (non-hydrogen) atoms. The fourth-order valence-corrected chi connectivity index (χ4v) is 3.27. The number of carbonyl (C=O) groups is 2. The highest BCUT2D eigenvalue weighted by Gasteiger charge is 2.24. The van der Waals surface area contributed by atoms with Crippen LogP contribution in [0.5, 0.6) is 0 Å². The van der Waals surface area contributed by atoms with E-state index in [1.807, 2.05) is 17.0 Å². The van der Waals surface area contributed by atoms with Crippen LogP contribution in [-0.4, -0.2) is 36.0 Å². The Hall–Kier alpha value is -1.81. The number of hydrogen-bond donors (Lipinski definition) is 0. The molecule has 0 radical (unpaired) electrons. The van der Waals surface area contributed by atoms with Crippen molar-refractivity contribution in [1.29, 1.82) is 0 Å². The smallest absolute Gasteiger partial charge is 0.307 e. The average molecular weight is 364 g/mol. The number of rotatable bonds is 7. The molecular weight excluding hydrogens is 338 g/mol. The zero-order chi connectivity index (χ0) is 18.1. The zero-order valence-corrected chi connectivity index (χ0v) is 15.5. The normalized spacial score (nSPS) is 15.3. The monoisotopic (exact) mass is 363 g/mol. The van der Waals surface area contributed by atoms with Gasteiger partial charge in [-0.2, -0.15) is 0 Å². The van der Waals surface area contributed by atoms with Crippen molar-refractivity contribution in [3.63, 3.8) is 0 Å². The van der Waals surface area contributed by atoms with Gasteiger partial charge >= 0.3 is 5.97 Å². The molecule has 1 aliphatic carbocycles. The second-order valence-electron chi connectivity index (χ2n) is 6.26. The molecule has 0 aliphatic heterocycles. The van der Waals surface area contributed by atoms with Crippen LogP contribution < -0.4 is 0 Å². The minimum atomic E-state index is -0.252. The summed E-state index contributed by atoms with van der Waals surface area (Å²) in [6, 6.07) is 7.55. The third kappa shape index (κ3) is 6.54.